The second-order valence-electron chi connectivity index (χ2n) is 7.86. The summed E-state index contributed by atoms with van der Waals surface area (Å²) >= 11 is 0. The van der Waals surface area contributed by atoms with Crippen molar-refractivity contribution in [1.82, 2.24) is 4.57 Å². The molecule has 0 radical (unpaired) electrons. The topological polar surface area (TPSA) is 62.6 Å². The molecule has 3 aromatic carbocycles. The fourth-order valence-electron chi connectivity index (χ4n) is 4.09. The summed E-state index contributed by atoms with van der Waals surface area (Å²) in [6.45, 7) is 1.95. The molecule has 0 saturated carbocycles. The molecular weight excluding hydrogens is 426 g/mol. The molecule has 5 rings (SSSR count). The van der Waals surface area contributed by atoms with E-state index < -0.39 is 17.8 Å². The van der Waals surface area contributed by atoms with Gasteiger partial charge in [-0.2, -0.15) is 0 Å². The van der Waals surface area contributed by atoms with E-state index >= 15 is 0 Å². The molecule has 0 N–H and O–H groups in total. The number of urea groups is 1. The van der Waals surface area contributed by atoms with Crippen molar-refractivity contribution in [3.05, 3.63) is 120 Å². The van der Waals surface area contributed by atoms with E-state index in [2.05, 4.69) is 0 Å². The smallest absolute Gasteiger partial charge is 0.314 e. The molecule has 166 valence electrons. The van der Waals surface area contributed by atoms with Gasteiger partial charge >= 0.3 is 6.03 Å². The van der Waals surface area contributed by atoms with Gasteiger partial charge in [-0.05, 0) is 61.5 Å². The summed E-state index contributed by atoms with van der Waals surface area (Å²) in [6, 6.07) is 30.0. The number of barbiturate groups is 1. The molecule has 34 heavy (non-hydrogen) atoms. The van der Waals surface area contributed by atoms with Crippen LogP contribution in [0.1, 0.15) is 11.4 Å². The van der Waals surface area contributed by atoms with Gasteiger partial charge in [-0.15, -0.1) is 0 Å². The Morgan fingerprint density at radius 1 is 0.559 bits per heavy atom. The van der Waals surface area contributed by atoms with Crippen molar-refractivity contribution in [2.24, 2.45) is 0 Å². The van der Waals surface area contributed by atoms with Crippen molar-refractivity contribution >= 4 is 35.3 Å². The zero-order valence-electron chi connectivity index (χ0n) is 18.5. The molecule has 0 atom stereocenters. The number of hydrogen-bond donors (Lipinski definition) is 0. The van der Waals surface area contributed by atoms with Crippen molar-refractivity contribution in [2.75, 3.05) is 9.80 Å². The van der Waals surface area contributed by atoms with E-state index in [0.717, 1.165) is 21.2 Å². The maximum atomic E-state index is 13.6. The number of anilines is 2. The molecule has 2 heterocycles. The standard InChI is InChI=1S/C28H21N3O3/c1-20-17-18-24(29(20)21-11-5-2-6-12-21)19-25-26(32)30(22-13-7-3-8-14-22)28(34)31(27(25)33)23-15-9-4-10-16-23/h2-19H,1H3. The summed E-state index contributed by atoms with van der Waals surface area (Å²) in [5.41, 5.74) is 3.21. The average molecular weight is 447 g/mol. The molecule has 4 aromatic rings. The zero-order valence-corrected chi connectivity index (χ0v) is 18.5. The van der Waals surface area contributed by atoms with E-state index in [1.165, 1.54) is 0 Å². The molecule has 0 aliphatic carbocycles. The molecule has 0 spiro atoms. The van der Waals surface area contributed by atoms with Crippen molar-refractivity contribution in [2.45, 2.75) is 6.92 Å². The SMILES string of the molecule is Cc1ccc(C=C2C(=O)N(c3ccccc3)C(=O)N(c3ccccc3)C2=O)n1-c1ccccc1. The number of amides is 4. The van der Waals surface area contributed by atoms with Gasteiger partial charge in [0.05, 0.1) is 11.4 Å². The van der Waals surface area contributed by atoms with Crippen LogP contribution < -0.4 is 9.80 Å². The minimum absolute atomic E-state index is 0.0948. The van der Waals surface area contributed by atoms with Crippen molar-refractivity contribution in [1.29, 1.82) is 0 Å². The Hall–Kier alpha value is -4.71. The Morgan fingerprint density at radius 2 is 1.00 bits per heavy atom. The highest BCUT2D eigenvalue weighted by Gasteiger charge is 2.43. The largest absolute Gasteiger partial charge is 0.343 e. The summed E-state index contributed by atoms with van der Waals surface area (Å²) in [7, 11) is 0. The van der Waals surface area contributed by atoms with Crippen molar-refractivity contribution in [3.8, 4) is 5.69 Å². The van der Waals surface area contributed by atoms with Crippen LogP contribution in [0, 0.1) is 6.92 Å². The van der Waals surface area contributed by atoms with Crippen molar-refractivity contribution < 1.29 is 14.4 Å². The molecule has 6 nitrogen and oxygen atoms in total. The number of nitrogens with zero attached hydrogens (tertiary/aromatic N) is 3. The highest BCUT2D eigenvalue weighted by molar-refractivity contribution is 6.46. The fraction of sp³-hybridized carbons (Fsp3) is 0.0357. The molecule has 0 bridgehead atoms. The second-order valence-corrected chi connectivity index (χ2v) is 7.86. The number of benzene rings is 3. The van der Waals surface area contributed by atoms with Gasteiger partial charge in [0.15, 0.2) is 0 Å². The molecule has 1 fully saturated rings. The summed E-state index contributed by atoms with van der Waals surface area (Å²) < 4.78 is 1.96. The van der Waals surface area contributed by atoms with Gasteiger partial charge in [0.25, 0.3) is 11.8 Å². The van der Waals surface area contributed by atoms with Crippen LogP contribution in [0.15, 0.2) is 109 Å². The van der Waals surface area contributed by atoms with Gasteiger partial charge in [0.1, 0.15) is 5.57 Å². The van der Waals surface area contributed by atoms with E-state index in [0.29, 0.717) is 17.1 Å². The lowest BCUT2D eigenvalue weighted by Gasteiger charge is -2.34. The first-order chi connectivity index (χ1) is 16.6. The molecule has 4 amide bonds. The van der Waals surface area contributed by atoms with Crippen LogP contribution in [0.25, 0.3) is 11.8 Å². The lowest BCUT2D eigenvalue weighted by atomic mass is 10.1. The predicted octanol–water partition coefficient (Wildman–Crippen LogP) is 5.37. The lowest BCUT2D eigenvalue weighted by Crippen LogP contribution is -2.57. The molecule has 1 aliphatic rings. The maximum Gasteiger partial charge on any atom is 0.343 e. The molecule has 0 unspecified atom stereocenters. The quantitative estimate of drug-likeness (QED) is 0.312. The van der Waals surface area contributed by atoms with Gasteiger partial charge in [-0.25, -0.2) is 14.6 Å². The Balaban J connectivity index is 1.68. The first kappa shape index (κ1) is 21.2. The Kier molecular flexibility index (Phi) is 5.40. The minimum atomic E-state index is -0.709. The third-order valence-corrected chi connectivity index (χ3v) is 5.69. The van der Waals surface area contributed by atoms with Crippen LogP contribution in [0.2, 0.25) is 0 Å². The number of aromatic nitrogens is 1. The summed E-state index contributed by atoms with van der Waals surface area (Å²) in [4.78, 5) is 42.6. The number of rotatable bonds is 4. The van der Waals surface area contributed by atoms with Crippen LogP contribution in [0.4, 0.5) is 16.2 Å². The average Bonchev–Trinajstić information content (AvgIpc) is 3.23. The first-order valence-corrected chi connectivity index (χ1v) is 10.8. The Bertz CT molecular complexity index is 1340. The summed E-state index contributed by atoms with van der Waals surface area (Å²) in [6.07, 6.45) is 1.56. The molecule has 1 saturated heterocycles. The third kappa shape index (κ3) is 3.61. The van der Waals surface area contributed by atoms with Gasteiger partial charge < -0.3 is 4.57 Å². The van der Waals surface area contributed by atoms with Crippen LogP contribution >= 0.6 is 0 Å². The number of para-hydroxylation sites is 3. The number of aryl methyl sites for hydroxylation is 1. The van der Waals surface area contributed by atoms with Crippen molar-refractivity contribution in [3.63, 3.8) is 0 Å². The molecule has 6 heteroatoms. The number of imide groups is 2. The van der Waals surface area contributed by atoms with E-state index in [1.807, 2.05) is 54.0 Å². The normalized spacial score (nSPS) is 14.0. The Morgan fingerprint density at radius 3 is 1.47 bits per heavy atom. The van der Waals surface area contributed by atoms with Gasteiger partial charge in [-0.1, -0.05) is 54.6 Å². The van der Waals surface area contributed by atoms with Crippen LogP contribution in [-0.4, -0.2) is 22.4 Å². The molecule has 1 aliphatic heterocycles. The highest BCUT2D eigenvalue weighted by atomic mass is 16.2. The van der Waals surface area contributed by atoms with E-state index in [9.17, 15) is 14.4 Å². The lowest BCUT2D eigenvalue weighted by molar-refractivity contribution is -0.121. The number of carbonyl (C=O) groups excluding carboxylic acids is 3. The maximum absolute atomic E-state index is 13.6. The van der Waals surface area contributed by atoms with Gasteiger partial charge in [0.2, 0.25) is 0 Å². The fourth-order valence-corrected chi connectivity index (χ4v) is 4.09. The van der Waals surface area contributed by atoms with Gasteiger partial charge in [-0.3, -0.25) is 9.59 Å². The second kappa shape index (κ2) is 8.67. The molecular formula is C28H21N3O3. The van der Waals surface area contributed by atoms with E-state index in [4.69, 9.17) is 0 Å². The summed E-state index contributed by atoms with van der Waals surface area (Å²) in [5.74, 6) is -1.32. The first-order valence-electron chi connectivity index (χ1n) is 10.8. The van der Waals surface area contributed by atoms with E-state index in [1.54, 1.807) is 66.7 Å². The van der Waals surface area contributed by atoms with Crippen LogP contribution in [0.3, 0.4) is 0 Å². The molecule has 1 aromatic heterocycles. The Labute approximate surface area is 197 Å². The number of carbonyl (C=O) groups is 3. The minimum Gasteiger partial charge on any atom is -0.314 e. The van der Waals surface area contributed by atoms with Gasteiger partial charge in [0, 0.05) is 17.1 Å². The van der Waals surface area contributed by atoms with Crippen LogP contribution in [-0.2, 0) is 9.59 Å². The van der Waals surface area contributed by atoms with E-state index in [-0.39, 0.29) is 5.57 Å². The third-order valence-electron chi connectivity index (χ3n) is 5.69. The number of hydrogen-bond acceptors (Lipinski definition) is 3. The monoisotopic (exact) mass is 447 g/mol. The predicted molar refractivity (Wildman–Crippen MR) is 132 cm³/mol. The summed E-state index contributed by atoms with van der Waals surface area (Å²) in [5, 5.41) is 0. The zero-order chi connectivity index (χ0) is 23.7. The highest BCUT2D eigenvalue weighted by Crippen LogP contribution is 2.30. The van der Waals surface area contributed by atoms with Crippen LogP contribution in [0.5, 0.6) is 0 Å².